The molecule has 11 heteroatoms. The Balaban J connectivity index is 2.27. The number of amides is 2. The smallest absolute Gasteiger partial charge is 0.272 e. The molecule has 0 aromatic rings. The van der Waals surface area contributed by atoms with E-state index in [4.69, 9.17) is 25.7 Å². The lowest BCUT2D eigenvalue weighted by molar-refractivity contribution is -0.237. The van der Waals surface area contributed by atoms with E-state index in [1.807, 2.05) is 0 Å². The van der Waals surface area contributed by atoms with Crippen molar-refractivity contribution in [2.45, 2.75) is 213 Å². The first kappa shape index (κ1) is 54.7. The molecule has 0 aromatic heterocycles. The van der Waals surface area contributed by atoms with E-state index in [1.54, 1.807) is 0 Å². The highest BCUT2D eigenvalue weighted by atomic mass is 16.9. The molecule has 11 nitrogen and oxygen atoms in total. The number of hydrogen-bond acceptors (Lipinski definition) is 9. The van der Waals surface area contributed by atoms with Crippen molar-refractivity contribution in [2.24, 2.45) is 11.5 Å². The van der Waals surface area contributed by atoms with E-state index in [1.165, 1.54) is 141 Å². The summed E-state index contributed by atoms with van der Waals surface area (Å²) in [7, 11) is 0. The van der Waals surface area contributed by atoms with Crippen LogP contribution in [0.1, 0.15) is 200 Å². The molecule has 0 spiro atoms. The highest BCUT2D eigenvalue weighted by molar-refractivity contribution is 5.78. The lowest BCUT2D eigenvalue weighted by Gasteiger charge is -2.23. The Hall–Kier alpha value is -1.34. The highest BCUT2D eigenvalue weighted by Gasteiger charge is 2.27. The average Bonchev–Trinajstić information content (AvgIpc) is 3.69. The van der Waals surface area contributed by atoms with Crippen LogP contribution in [0, 0.1) is 0 Å². The summed E-state index contributed by atoms with van der Waals surface area (Å²) in [5.74, 6) is 0.180. The van der Waals surface area contributed by atoms with E-state index in [2.05, 4.69) is 34.3 Å². The molecule has 58 heavy (non-hydrogen) atoms. The average molecular weight is 825 g/mol. The van der Waals surface area contributed by atoms with Crippen molar-refractivity contribution in [3.8, 4) is 0 Å². The van der Waals surface area contributed by atoms with Gasteiger partial charge in [0.05, 0.1) is 19.8 Å². The molecule has 1 rings (SSSR count). The number of rotatable bonds is 45. The first-order chi connectivity index (χ1) is 28.5. The lowest BCUT2D eigenvalue weighted by atomic mass is 10.0. The summed E-state index contributed by atoms with van der Waals surface area (Å²) in [6.45, 7) is 12.1. The molecule has 1 heterocycles. The molecular weight excluding hydrogens is 729 g/mol. The van der Waals surface area contributed by atoms with Crippen molar-refractivity contribution in [2.75, 3.05) is 78.7 Å². The molecule has 0 radical (unpaired) electrons. The van der Waals surface area contributed by atoms with Gasteiger partial charge in [0, 0.05) is 26.1 Å². The van der Waals surface area contributed by atoms with Gasteiger partial charge in [-0.1, -0.05) is 155 Å². The fourth-order valence-corrected chi connectivity index (χ4v) is 7.71. The van der Waals surface area contributed by atoms with E-state index in [0.29, 0.717) is 45.7 Å². The Morgan fingerprint density at radius 3 is 1.55 bits per heavy atom. The summed E-state index contributed by atoms with van der Waals surface area (Å²) in [6.07, 6.45) is 35.6. The minimum Gasteiger partial charge on any atom is -0.352 e. The molecule has 1 saturated heterocycles. The van der Waals surface area contributed by atoms with Crippen LogP contribution < -0.4 is 22.1 Å². The van der Waals surface area contributed by atoms with Gasteiger partial charge < -0.3 is 46.1 Å². The summed E-state index contributed by atoms with van der Waals surface area (Å²) >= 11 is 0. The number of ether oxygens (including phenoxy) is 3. The van der Waals surface area contributed by atoms with Crippen molar-refractivity contribution in [1.82, 2.24) is 20.4 Å². The number of unbranched alkanes of at least 4 members (excludes halogenated alkanes) is 22. The second-order valence-corrected chi connectivity index (χ2v) is 17.0. The van der Waals surface area contributed by atoms with Gasteiger partial charge in [0.15, 0.2) is 0 Å². The minimum absolute atomic E-state index is 0.0638. The number of nitrogens with one attached hydrogen (secondary N) is 2. The largest absolute Gasteiger partial charge is 0.352 e. The third-order valence-corrected chi connectivity index (χ3v) is 11.4. The Kier molecular flexibility index (Phi) is 39.9. The summed E-state index contributed by atoms with van der Waals surface area (Å²) in [5, 5.41) is 6.17. The van der Waals surface area contributed by atoms with Gasteiger partial charge in [-0.05, 0) is 77.8 Å². The molecule has 6 N–H and O–H groups in total. The van der Waals surface area contributed by atoms with Crippen LogP contribution in [0.2, 0.25) is 0 Å². The quantitative estimate of drug-likeness (QED) is 0.0443. The van der Waals surface area contributed by atoms with Gasteiger partial charge in [-0.15, -0.1) is 0 Å². The summed E-state index contributed by atoms with van der Waals surface area (Å²) in [6, 6.07) is 0. The first-order valence-electron chi connectivity index (χ1n) is 24.8. The molecule has 0 saturated carbocycles. The molecule has 0 aliphatic carbocycles. The molecule has 0 bridgehead atoms. The van der Waals surface area contributed by atoms with Crippen molar-refractivity contribution >= 4 is 11.8 Å². The first-order valence-corrected chi connectivity index (χ1v) is 24.8. The molecule has 1 fully saturated rings. The van der Waals surface area contributed by atoms with Gasteiger partial charge in [0.25, 0.3) is 6.48 Å². The molecular formula is C47H96N6O5. The number of carbonyl (C=O) groups is 2. The monoisotopic (exact) mass is 825 g/mol. The van der Waals surface area contributed by atoms with Crippen molar-refractivity contribution in [3.63, 3.8) is 0 Å². The van der Waals surface area contributed by atoms with Gasteiger partial charge in [-0.2, -0.15) is 0 Å². The summed E-state index contributed by atoms with van der Waals surface area (Å²) < 4.78 is 17.4. The van der Waals surface area contributed by atoms with Gasteiger partial charge in [0.2, 0.25) is 11.8 Å². The second kappa shape index (κ2) is 42.4. The van der Waals surface area contributed by atoms with Crippen LogP contribution >= 0.6 is 0 Å². The van der Waals surface area contributed by atoms with E-state index >= 15 is 0 Å². The summed E-state index contributed by atoms with van der Waals surface area (Å²) in [4.78, 5) is 30.3. The van der Waals surface area contributed by atoms with Crippen molar-refractivity contribution < 1.29 is 23.8 Å². The molecule has 2 unspecified atom stereocenters. The molecule has 1 aliphatic heterocycles. The zero-order chi connectivity index (χ0) is 42.0. The third kappa shape index (κ3) is 34.4. The molecule has 2 amide bonds. The topological polar surface area (TPSA) is 144 Å². The second-order valence-electron chi connectivity index (χ2n) is 17.0. The van der Waals surface area contributed by atoms with Gasteiger partial charge in [0.1, 0.15) is 6.10 Å². The van der Waals surface area contributed by atoms with E-state index in [9.17, 15) is 9.59 Å². The Labute approximate surface area is 357 Å². The van der Waals surface area contributed by atoms with Gasteiger partial charge >= 0.3 is 0 Å². The maximum absolute atomic E-state index is 13.4. The Morgan fingerprint density at radius 2 is 1.07 bits per heavy atom. The van der Waals surface area contributed by atoms with E-state index in [0.717, 1.165) is 71.4 Å². The van der Waals surface area contributed by atoms with Crippen LogP contribution in [-0.2, 0) is 23.8 Å². The molecule has 1 aliphatic rings. The van der Waals surface area contributed by atoms with Crippen molar-refractivity contribution in [3.05, 3.63) is 0 Å². The SMILES string of the molecule is CCCCCCCCCCCCCCN(CCCCCCCCCCCCCC)C(=O)CCCOC1OCC(CNC(=O)CNCCCN(CCCN)CCCN)O1. The van der Waals surface area contributed by atoms with Crippen LogP contribution in [0.25, 0.3) is 0 Å². The normalized spacial score (nSPS) is 15.5. The maximum Gasteiger partial charge on any atom is 0.272 e. The van der Waals surface area contributed by atoms with Crippen LogP contribution in [0.3, 0.4) is 0 Å². The zero-order valence-electron chi connectivity index (χ0n) is 38.2. The maximum atomic E-state index is 13.4. The molecule has 0 aromatic carbocycles. The van der Waals surface area contributed by atoms with Crippen molar-refractivity contribution in [1.29, 1.82) is 0 Å². The van der Waals surface area contributed by atoms with Gasteiger partial charge in [-0.3, -0.25) is 9.59 Å². The molecule has 2 atom stereocenters. The van der Waals surface area contributed by atoms with E-state index in [-0.39, 0.29) is 24.5 Å². The fraction of sp³-hybridized carbons (Fsp3) is 0.957. The van der Waals surface area contributed by atoms with Crippen LogP contribution in [0.4, 0.5) is 0 Å². The number of carbonyl (C=O) groups excluding carboxylic acids is 2. The van der Waals surface area contributed by atoms with Crippen LogP contribution in [0.5, 0.6) is 0 Å². The van der Waals surface area contributed by atoms with Crippen LogP contribution in [0.15, 0.2) is 0 Å². The summed E-state index contributed by atoms with van der Waals surface area (Å²) in [5.41, 5.74) is 11.3. The highest BCUT2D eigenvalue weighted by Crippen LogP contribution is 2.16. The van der Waals surface area contributed by atoms with Crippen LogP contribution in [-0.4, -0.2) is 113 Å². The molecule has 344 valence electrons. The zero-order valence-corrected chi connectivity index (χ0v) is 38.2. The predicted molar refractivity (Wildman–Crippen MR) is 243 cm³/mol. The minimum atomic E-state index is -0.755. The number of nitrogens with two attached hydrogens (primary N) is 2. The Morgan fingerprint density at radius 1 is 0.603 bits per heavy atom. The standard InChI is InChI=1S/C47H96N6O5/c1-3-5-7-9-11-13-15-17-19-21-23-25-38-53(39-26-24-22-20-18-16-14-12-10-8-6-4-2)46(55)31-27-40-56-47-57-43-44(58-47)41-51-45(54)42-50-34-30-37-52(35-28-32-48)36-29-33-49/h44,47,50H,3-43,48-49H2,1-2H3,(H,51,54). The third-order valence-electron chi connectivity index (χ3n) is 11.4. The fourth-order valence-electron chi connectivity index (χ4n) is 7.71. The Bertz CT molecular complexity index is 866. The van der Waals surface area contributed by atoms with E-state index < -0.39 is 6.48 Å². The number of nitrogens with zero attached hydrogens (tertiary/aromatic N) is 2. The predicted octanol–water partition coefficient (Wildman–Crippen LogP) is 8.81. The lowest BCUT2D eigenvalue weighted by Crippen LogP contribution is -2.39. The number of hydrogen-bond donors (Lipinski definition) is 4. The van der Waals surface area contributed by atoms with Gasteiger partial charge in [-0.25, -0.2) is 0 Å².